The van der Waals surface area contributed by atoms with E-state index in [1.165, 1.54) is 12.1 Å². The van der Waals surface area contributed by atoms with Crippen LogP contribution in [0.25, 0.3) is 0 Å². The van der Waals surface area contributed by atoms with Crippen LogP contribution in [0.2, 0.25) is 0 Å². The lowest BCUT2D eigenvalue weighted by Gasteiger charge is -2.34. The van der Waals surface area contributed by atoms with Crippen molar-refractivity contribution in [3.63, 3.8) is 0 Å². The Hall–Kier alpha value is -2.86. The molecule has 1 aliphatic rings. The van der Waals surface area contributed by atoms with Gasteiger partial charge in [-0.3, -0.25) is 4.99 Å². The van der Waals surface area contributed by atoms with Crippen molar-refractivity contribution in [2.75, 3.05) is 33.3 Å². The number of nitriles is 1. The summed E-state index contributed by atoms with van der Waals surface area (Å²) in [5.74, 6) is 0.354. The maximum atomic E-state index is 14.0. The van der Waals surface area contributed by atoms with Crippen molar-refractivity contribution in [1.29, 1.82) is 5.26 Å². The minimum absolute atomic E-state index is 0.163. The summed E-state index contributed by atoms with van der Waals surface area (Å²) in [5, 5.41) is 14.9. The number of hydrogen-bond donors (Lipinski definition) is 2. The number of ether oxygens (including phenoxy) is 2. The number of carbonyl (C=O) groups excluding carboxylic acids is 1. The molecule has 0 radical (unpaired) electrons. The Bertz CT molecular complexity index is 824. The van der Waals surface area contributed by atoms with Crippen molar-refractivity contribution in [3.05, 3.63) is 35.1 Å². The molecule has 1 amide bonds. The molecule has 176 valence electrons. The van der Waals surface area contributed by atoms with Gasteiger partial charge in [-0.1, -0.05) is 0 Å². The van der Waals surface area contributed by atoms with Gasteiger partial charge in [0, 0.05) is 45.4 Å². The van der Waals surface area contributed by atoms with Crippen molar-refractivity contribution in [2.45, 2.75) is 58.3 Å². The molecule has 2 rings (SSSR count). The fourth-order valence-corrected chi connectivity index (χ4v) is 3.35. The molecule has 9 heteroatoms. The van der Waals surface area contributed by atoms with Gasteiger partial charge in [0.2, 0.25) is 0 Å². The van der Waals surface area contributed by atoms with Crippen LogP contribution in [-0.2, 0) is 16.0 Å². The minimum atomic E-state index is -0.501. The molecule has 0 aliphatic carbocycles. The number of aliphatic imine (C=N–C) groups is 1. The molecule has 1 saturated heterocycles. The first-order valence-corrected chi connectivity index (χ1v) is 10.9. The molecule has 1 aromatic rings. The van der Waals surface area contributed by atoms with Crippen LogP contribution in [0.3, 0.4) is 0 Å². The van der Waals surface area contributed by atoms with Crippen LogP contribution in [0.5, 0.6) is 0 Å². The van der Waals surface area contributed by atoms with E-state index in [4.69, 9.17) is 14.7 Å². The Labute approximate surface area is 189 Å². The Morgan fingerprint density at radius 3 is 2.66 bits per heavy atom. The Morgan fingerprint density at radius 2 is 2.03 bits per heavy atom. The van der Waals surface area contributed by atoms with Crippen LogP contribution in [0, 0.1) is 17.1 Å². The zero-order valence-electron chi connectivity index (χ0n) is 19.4. The zero-order valence-corrected chi connectivity index (χ0v) is 19.4. The molecule has 0 aromatic heterocycles. The number of carbonyl (C=O) groups is 1. The number of likely N-dealkylation sites (tertiary alicyclic amines) is 1. The summed E-state index contributed by atoms with van der Waals surface area (Å²) in [7, 11) is 1.70. The van der Waals surface area contributed by atoms with Gasteiger partial charge < -0.3 is 25.0 Å². The number of hydrogen-bond acceptors (Lipinski definition) is 5. The van der Waals surface area contributed by atoms with Gasteiger partial charge in [0.15, 0.2) is 5.96 Å². The van der Waals surface area contributed by atoms with E-state index in [-0.39, 0.29) is 18.5 Å². The molecule has 32 heavy (non-hydrogen) atoms. The van der Waals surface area contributed by atoms with Crippen LogP contribution in [0.15, 0.2) is 23.2 Å². The number of nitrogens with zero attached hydrogens (tertiary/aromatic N) is 3. The largest absolute Gasteiger partial charge is 0.444 e. The number of guanidine groups is 1. The molecule has 0 saturated carbocycles. The molecule has 0 atom stereocenters. The van der Waals surface area contributed by atoms with Crippen molar-refractivity contribution >= 4 is 12.1 Å². The fourth-order valence-electron chi connectivity index (χ4n) is 3.35. The Morgan fingerprint density at radius 1 is 1.31 bits per heavy atom. The van der Waals surface area contributed by atoms with Crippen molar-refractivity contribution in [3.8, 4) is 6.07 Å². The second-order valence-corrected chi connectivity index (χ2v) is 8.66. The van der Waals surface area contributed by atoms with Gasteiger partial charge in [-0.25, -0.2) is 9.18 Å². The van der Waals surface area contributed by atoms with Crippen molar-refractivity contribution < 1.29 is 18.7 Å². The van der Waals surface area contributed by atoms with Gasteiger partial charge in [-0.15, -0.1) is 0 Å². The van der Waals surface area contributed by atoms with E-state index in [9.17, 15) is 9.18 Å². The molecule has 0 spiro atoms. The first-order valence-electron chi connectivity index (χ1n) is 10.9. The average molecular weight is 448 g/mol. The van der Waals surface area contributed by atoms with Crippen molar-refractivity contribution in [2.24, 2.45) is 4.99 Å². The molecule has 1 aromatic carbocycles. The third-order valence-corrected chi connectivity index (χ3v) is 4.91. The highest BCUT2D eigenvalue weighted by Crippen LogP contribution is 2.15. The van der Waals surface area contributed by atoms with Gasteiger partial charge in [0.25, 0.3) is 0 Å². The van der Waals surface area contributed by atoms with E-state index in [1.807, 2.05) is 26.8 Å². The second kappa shape index (κ2) is 12.2. The molecule has 2 N–H and O–H groups in total. The zero-order chi connectivity index (χ0) is 23.6. The van der Waals surface area contributed by atoms with Crippen LogP contribution in [0.4, 0.5) is 9.18 Å². The average Bonchev–Trinajstić information content (AvgIpc) is 2.74. The molecule has 0 unspecified atom stereocenters. The lowest BCUT2D eigenvalue weighted by Crippen LogP contribution is -2.46. The first kappa shape index (κ1) is 25.4. The van der Waals surface area contributed by atoms with Crippen LogP contribution < -0.4 is 10.6 Å². The summed E-state index contributed by atoms with van der Waals surface area (Å²) < 4.78 is 25.1. The van der Waals surface area contributed by atoms with Crippen LogP contribution >= 0.6 is 0 Å². The van der Waals surface area contributed by atoms with Gasteiger partial charge in [0.05, 0.1) is 17.7 Å². The van der Waals surface area contributed by atoms with E-state index in [2.05, 4.69) is 20.5 Å². The normalized spacial score (nSPS) is 15.2. The Kier molecular flexibility index (Phi) is 9.72. The standard InChI is InChI=1S/C23H34FN5O3/c1-23(2,3)32-22(30)27-10-5-13-31-19-8-11-29(12-9-19)21(26-4)28-16-18-14-17(15-25)6-7-20(18)24/h6-7,14,19H,5,8-13,16H2,1-4H3,(H,26,28)(H,27,30). The molecule has 0 bridgehead atoms. The third kappa shape index (κ3) is 8.71. The minimum Gasteiger partial charge on any atom is -0.444 e. The monoisotopic (exact) mass is 447 g/mol. The van der Waals surface area contributed by atoms with Gasteiger partial charge in [-0.2, -0.15) is 5.26 Å². The highest BCUT2D eigenvalue weighted by Gasteiger charge is 2.22. The molecule has 8 nitrogen and oxygen atoms in total. The summed E-state index contributed by atoms with van der Waals surface area (Å²) >= 11 is 0. The quantitative estimate of drug-likeness (QED) is 0.378. The number of nitrogens with one attached hydrogen (secondary N) is 2. The van der Waals surface area contributed by atoms with Gasteiger partial charge in [-0.05, 0) is 58.2 Å². The van der Waals surface area contributed by atoms with Gasteiger partial charge in [0.1, 0.15) is 11.4 Å². The first-order chi connectivity index (χ1) is 15.2. The van der Waals surface area contributed by atoms with Crippen LogP contribution in [-0.4, -0.2) is 61.9 Å². The molecule has 1 fully saturated rings. The number of rotatable bonds is 7. The topological polar surface area (TPSA) is 99.0 Å². The smallest absolute Gasteiger partial charge is 0.407 e. The predicted octanol–water partition coefficient (Wildman–Crippen LogP) is 3.17. The fraction of sp³-hybridized carbons (Fsp3) is 0.609. The lowest BCUT2D eigenvalue weighted by atomic mass is 10.1. The number of piperidine rings is 1. The van der Waals surface area contributed by atoms with Gasteiger partial charge >= 0.3 is 6.09 Å². The maximum Gasteiger partial charge on any atom is 0.407 e. The van der Waals surface area contributed by atoms with E-state index in [0.717, 1.165) is 32.4 Å². The number of alkyl carbamates (subject to hydrolysis) is 1. The highest BCUT2D eigenvalue weighted by molar-refractivity contribution is 5.80. The van der Waals surface area contributed by atoms with E-state index < -0.39 is 11.7 Å². The molecule has 1 heterocycles. The maximum absolute atomic E-state index is 14.0. The Balaban J connectivity index is 1.67. The van der Waals surface area contributed by atoms with E-state index >= 15 is 0 Å². The molecular formula is C23H34FN5O3. The summed E-state index contributed by atoms with van der Waals surface area (Å²) in [5.41, 5.74) is 0.361. The third-order valence-electron chi connectivity index (χ3n) is 4.91. The van der Waals surface area contributed by atoms with E-state index in [1.54, 1.807) is 13.1 Å². The SMILES string of the molecule is CN=C(NCc1cc(C#N)ccc1F)N1CCC(OCCCNC(=O)OC(C)(C)C)CC1. The number of benzene rings is 1. The number of halogens is 1. The predicted molar refractivity (Wildman–Crippen MR) is 121 cm³/mol. The second-order valence-electron chi connectivity index (χ2n) is 8.66. The summed E-state index contributed by atoms with van der Waals surface area (Å²) in [6.45, 7) is 8.39. The van der Waals surface area contributed by atoms with E-state index in [0.29, 0.717) is 30.2 Å². The van der Waals surface area contributed by atoms with Crippen LogP contribution in [0.1, 0.15) is 51.2 Å². The summed E-state index contributed by atoms with van der Waals surface area (Å²) in [6.07, 6.45) is 2.19. The molecular weight excluding hydrogens is 413 g/mol. The summed E-state index contributed by atoms with van der Waals surface area (Å²) in [6, 6.07) is 6.35. The molecule has 1 aliphatic heterocycles. The lowest BCUT2D eigenvalue weighted by molar-refractivity contribution is 0.0170. The van der Waals surface area contributed by atoms with Crippen molar-refractivity contribution in [1.82, 2.24) is 15.5 Å². The highest BCUT2D eigenvalue weighted by atomic mass is 19.1. The summed E-state index contributed by atoms with van der Waals surface area (Å²) in [4.78, 5) is 18.0. The number of amides is 1.